The largest absolute Gasteiger partial charge is 0.367 e. The molecule has 19 heavy (non-hydrogen) atoms. The highest BCUT2D eigenvalue weighted by atomic mass is 16.5. The van der Waals surface area contributed by atoms with E-state index in [0.29, 0.717) is 6.61 Å². The molecule has 0 fully saturated rings. The average Bonchev–Trinajstić information content (AvgIpc) is 2.79. The monoisotopic (exact) mass is 262 g/mol. The van der Waals surface area contributed by atoms with Crippen molar-refractivity contribution in [3.05, 3.63) is 46.6 Å². The molecule has 0 saturated carbocycles. The third-order valence-electron chi connectivity index (χ3n) is 2.83. The molecule has 0 saturated heterocycles. The molecule has 0 aliphatic carbocycles. The minimum absolute atomic E-state index is 0.0565. The normalized spacial score (nSPS) is 16.2. The Bertz CT molecular complexity index is 600. The molecule has 2 aromatic rings. The van der Waals surface area contributed by atoms with Crippen LogP contribution in [0.1, 0.15) is 19.5 Å². The van der Waals surface area contributed by atoms with Gasteiger partial charge in [0.25, 0.3) is 5.56 Å². The van der Waals surface area contributed by atoms with Crippen LogP contribution in [0.3, 0.4) is 0 Å². The third kappa shape index (κ3) is 3.51. The van der Waals surface area contributed by atoms with E-state index in [1.54, 1.807) is 19.3 Å². The lowest BCUT2D eigenvalue weighted by Gasteiger charge is -2.30. The number of hydrogen-bond acceptors (Lipinski definition) is 4. The van der Waals surface area contributed by atoms with E-state index in [1.807, 2.05) is 16.9 Å². The van der Waals surface area contributed by atoms with Crippen LogP contribution in [-0.2, 0) is 24.9 Å². The summed E-state index contributed by atoms with van der Waals surface area (Å²) in [6, 6.07) is 5.07. The molecule has 3 heterocycles. The fraction of sp³-hybridized carbons (Fsp3) is 0.462. The summed E-state index contributed by atoms with van der Waals surface area (Å²) in [5, 5.41) is 7.87. The number of fused-ring (bicyclic) bond motifs is 1. The second-order valence-electron chi connectivity index (χ2n) is 5.01. The molecule has 0 N–H and O–H groups in total. The van der Waals surface area contributed by atoms with Gasteiger partial charge in [-0.2, -0.15) is 10.2 Å². The van der Waals surface area contributed by atoms with Gasteiger partial charge in [-0.3, -0.25) is 9.48 Å². The van der Waals surface area contributed by atoms with E-state index in [2.05, 4.69) is 24.0 Å². The minimum atomic E-state index is -0.0764. The average molecular weight is 262 g/mol. The molecular weight excluding hydrogens is 244 g/mol. The van der Waals surface area contributed by atoms with Gasteiger partial charge < -0.3 is 4.74 Å². The predicted molar refractivity (Wildman–Crippen MR) is 70.6 cm³/mol. The minimum Gasteiger partial charge on any atom is -0.367 e. The molecule has 0 unspecified atom stereocenters. The van der Waals surface area contributed by atoms with Crippen LogP contribution in [0.15, 0.2) is 35.4 Å². The van der Waals surface area contributed by atoms with Crippen molar-refractivity contribution in [2.24, 2.45) is 7.05 Å². The lowest BCUT2D eigenvalue weighted by Crippen LogP contribution is -2.35. The van der Waals surface area contributed by atoms with Gasteiger partial charge in [-0.15, -0.1) is 0 Å². The smallest absolute Gasteiger partial charge is 0.266 e. The summed E-state index contributed by atoms with van der Waals surface area (Å²) < 4.78 is 8.87. The standard InChI is InChI=1S/C8H12N2O.C5H6N2O/c1-8(2)6-10-7(5-11-8)3-4-9-10;1-7-5(8)3-2-4-6-7/h3-4H,5-6H2,1-2H3;2-4H,1H3. The molecule has 0 bridgehead atoms. The molecule has 6 heteroatoms. The highest BCUT2D eigenvalue weighted by Gasteiger charge is 2.25. The number of rotatable bonds is 0. The van der Waals surface area contributed by atoms with Crippen molar-refractivity contribution >= 4 is 0 Å². The molecule has 1 aliphatic heterocycles. The molecule has 0 radical (unpaired) electrons. The van der Waals surface area contributed by atoms with Crippen LogP contribution in [0.25, 0.3) is 0 Å². The molecule has 102 valence electrons. The van der Waals surface area contributed by atoms with Gasteiger partial charge in [0.1, 0.15) is 0 Å². The van der Waals surface area contributed by atoms with Crippen LogP contribution < -0.4 is 5.56 Å². The molecule has 6 nitrogen and oxygen atoms in total. The quantitative estimate of drug-likeness (QED) is 0.710. The van der Waals surface area contributed by atoms with Gasteiger partial charge in [0.05, 0.1) is 24.4 Å². The molecule has 1 aliphatic rings. The molecule has 2 aromatic heterocycles. The van der Waals surface area contributed by atoms with Crippen molar-refractivity contribution in [3.8, 4) is 0 Å². The summed E-state index contributed by atoms with van der Waals surface area (Å²) >= 11 is 0. The van der Waals surface area contributed by atoms with Crippen molar-refractivity contribution < 1.29 is 4.74 Å². The number of ether oxygens (including phenoxy) is 1. The summed E-state index contributed by atoms with van der Waals surface area (Å²) in [5.74, 6) is 0. The molecule has 3 rings (SSSR count). The van der Waals surface area contributed by atoms with Crippen LogP contribution in [-0.4, -0.2) is 25.2 Å². The number of hydrogen-bond donors (Lipinski definition) is 0. The van der Waals surface area contributed by atoms with E-state index in [0.717, 1.165) is 6.54 Å². The molecule has 0 spiro atoms. The summed E-state index contributed by atoms with van der Waals surface area (Å²) in [4.78, 5) is 10.5. The molecule has 0 atom stereocenters. The second kappa shape index (κ2) is 5.36. The zero-order chi connectivity index (χ0) is 13.9. The van der Waals surface area contributed by atoms with Crippen molar-refractivity contribution in [2.75, 3.05) is 0 Å². The Labute approximate surface area is 111 Å². The molecule has 0 aromatic carbocycles. The van der Waals surface area contributed by atoms with Crippen molar-refractivity contribution in [3.63, 3.8) is 0 Å². The summed E-state index contributed by atoms with van der Waals surface area (Å²) in [5.41, 5.74) is 1.04. The van der Waals surface area contributed by atoms with Gasteiger partial charge in [0.2, 0.25) is 0 Å². The molecular formula is C13H18N4O2. The van der Waals surface area contributed by atoms with E-state index in [9.17, 15) is 4.79 Å². The highest BCUT2D eigenvalue weighted by molar-refractivity contribution is 5.02. The summed E-state index contributed by atoms with van der Waals surface area (Å²) in [7, 11) is 1.61. The first-order chi connectivity index (χ1) is 8.98. The van der Waals surface area contributed by atoms with E-state index in [4.69, 9.17) is 4.74 Å². The first kappa shape index (κ1) is 13.5. The fourth-order valence-electron chi connectivity index (χ4n) is 1.73. The first-order valence-electron chi connectivity index (χ1n) is 6.11. The summed E-state index contributed by atoms with van der Waals surface area (Å²) in [6.07, 6.45) is 3.39. The van der Waals surface area contributed by atoms with E-state index in [-0.39, 0.29) is 11.2 Å². The Balaban J connectivity index is 0.000000148. The van der Waals surface area contributed by atoms with E-state index in [1.165, 1.54) is 16.4 Å². The van der Waals surface area contributed by atoms with Crippen LogP contribution in [0.2, 0.25) is 0 Å². The van der Waals surface area contributed by atoms with Gasteiger partial charge in [-0.25, -0.2) is 4.68 Å². The predicted octanol–water partition coefficient (Wildman–Crippen LogP) is 0.972. The van der Waals surface area contributed by atoms with Crippen LogP contribution in [0.4, 0.5) is 0 Å². The van der Waals surface area contributed by atoms with Crippen LogP contribution in [0, 0.1) is 0 Å². The maximum absolute atomic E-state index is 10.5. The van der Waals surface area contributed by atoms with Crippen LogP contribution >= 0.6 is 0 Å². The Hall–Kier alpha value is -1.95. The van der Waals surface area contributed by atoms with Gasteiger partial charge in [-0.05, 0) is 26.0 Å². The first-order valence-corrected chi connectivity index (χ1v) is 6.11. The highest BCUT2D eigenvalue weighted by Crippen LogP contribution is 2.20. The number of nitrogens with zero attached hydrogens (tertiary/aromatic N) is 4. The summed E-state index contributed by atoms with van der Waals surface area (Å²) in [6.45, 7) is 5.71. The van der Waals surface area contributed by atoms with Crippen molar-refractivity contribution in [1.29, 1.82) is 0 Å². The van der Waals surface area contributed by atoms with Gasteiger partial charge >= 0.3 is 0 Å². The van der Waals surface area contributed by atoms with E-state index >= 15 is 0 Å². The Morgan fingerprint density at radius 2 is 2.05 bits per heavy atom. The molecule has 0 amide bonds. The van der Waals surface area contributed by atoms with E-state index < -0.39 is 0 Å². The number of aryl methyl sites for hydroxylation is 1. The van der Waals surface area contributed by atoms with Gasteiger partial charge in [0, 0.05) is 25.5 Å². The lowest BCUT2D eigenvalue weighted by atomic mass is 10.1. The van der Waals surface area contributed by atoms with Gasteiger partial charge in [0.15, 0.2) is 0 Å². The van der Waals surface area contributed by atoms with Crippen molar-refractivity contribution in [1.82, 2.24) is 19.6 Å². The van der Waals surface area contributed by atoms with Crippen LogP contribution in [0.5, 0.6) is 0 Å². The Morgan fingerprint density at radius 1 is 1.26 bits per heavy atom. The number of aromatic nitrogens is 4. The third-order valence-corrected chi connectivity index (χ3v) is 2.83. The Morgan fingerprint density at radius 3 is 2.68 bits per heavy atom. The zero-order valence-electron chi connectivity index (χ0n) is 11.4. The fourth-order valence-corrected chi connectivity index (χ4v) is 1.73. The lowest BCUT2D eigenvalue weighted by molar-refractivity contribution is -0.0660. The maximum Gasteiger partial charge on any atom is 0.266 e. The topological polar surface area (TPSA) is 61.9 Å². The zero-order valence-corrected chi connectivity index (χ0v) is 11.4. The van der Waals surface area contributed by atoms with Gasteiger partial charge in [-0.1, -0.05) is 0 Å². The maximum atomic E-state index is 10.5. The SMILES string of the molecule is CC1(C)Cn2nccc2CO1.Cn1ncccc1=O. The van der Waals surface area contributed by atoms with Crippen molar-refractivity contribution in [2.45, 2.75) is 32.6 Å². The Kier molecular flexibility index (Phi) is 3.80. The second-order valence-corrected chi connectivity index (χ2v) is 5.01.